The molecule has 0 N–H and O–H groups in total. The summed E-state index contributed by atoms with van der Waals surface area (Å²) in [5.74, 6) is 0. The number of hydrogen-bond acceptors (Lipinski definition) is 1. The van der Waals surface area contributed by atoms with Gasteiger partial charge in [-0.15, -0.1) is 5.25 Å². The first-order valence-electron chi connectivity index (χ1n) is 3.01. The molecule has 0 spiro atoms. The van der Waals surface area contributed by atoms with E-state index in [0.29, 0.717) is 0 Å². The third kappa shape index (κ3) is 3.11. The first-order valence-corrected chi connectivity index (χ1v) is 3.48. The predicted molar refractivity (Wildman–Crippen MR) is 42.2 cm³/mol. The molecule has 0 bridgehead atoms. The van der Waals surface area contributed by atoms with E-state index in [9.17, 15) is 0 Å². The minimum absolute atomic E-state index is 0. The zero-order valence-corrected chi connectivity index (χ0v) is 9.19. The summed E-state index contributed by atoms with van der Waals surface area (Å²) in [6.45, 7) is 2.02. The molecule has 2 heteroatoms. The second-order valence-electron chi connectivity index (χ2n) is 2.05. The average molecular weight is 160 g/mol. The fourth-order valence-corrected chi connectivity index (χ4v) is 0.881. The summed E-state index contributed by atoms with van der Waals surface area (Å²) in [6.07, 6.45) is 0. The Labute approximate surface area is 89.7 Å². The molecule has 0 aromatic heterocycles. The third-order valence-electron chi connectivity index (χ3n) is 1.27. The molecular weight excluding hydrogens is 151 g/mol. The molecule has 0 heterocycles. The van der Waals surface area contributed by atoms with Crippen molar-refractivity contribution < 1.29 is 29.6 Å². The van der Waals surface area contributed by atoms with Crippen molar-refractivity contribution in [3.8, 4) is 0 Å². The zero-order valence-electron chi connectivity index (χ0n) is 6.37. The Kier molecular flexibility index (Phi) is 5.55. The monoisotopic (exact) mass is 160 g/mol. The maximum atomic E-state index is 5.05. The van der Waals surface area contributed by atoms with Crippen LogP contribution in [0.15, 0.2) is 30.3 Å². The predicted octanol–water partition coefficient (Wildman–Crippen LogP) is -0.702. The molecule has 0 radical (unpaired) electrons. The van der Waals surface area contributed by atoms with Crippen LogP contribution in [0, 0.1) is 0 Å². The molecule has 1 rings (SSSR count). The van der Waals surface area contributed by atoms with Crippen molar-refractivity contribution in [1.82, 2.24) is 0 Å². The van der Waals surface area contributed by atoms with Crippen molar-refractivity contribution in [1.29, 1.82) is 0 Å². The molecule has 0 saturated heterocycles. The maximum absolute atomic E-state index is 5.05. The van der Waals surface area contributed by atoms with Gasteiger partial charge in [-0.3, -0.25) is 0 Å². The molecule has 10 heavy (non-hydrogen) atoms. The van der Waals surface area contributed by atoms with E-state index in [4.69, 9.17) is 12.6 Å². The first-order chi connectivity index (χ1) is 4.30. The third-order valence-corrected chi connectivity index (χ3v) is 1.54. The van der Waals surface area contributed by atoms with E-state index in [2.05, 4.69) is 12.1 Å². The van der Waals surface area contributed by atoms with E-state index in [1.54, 1.807) is 0 Å². The van der Waals surface area contributed by atoms with E-state index in [0.717, 1.165) is 0 Å². The van der Waals surface area contributed by atoms with Crippen LogP contribution in [-0.4, -0.2) is 0 Å². The summed E-state index contributed by atoms with van der Waals surface area (Å²) in [4.78, 5) is 0. The summed E-state index contributed by atoms with van der Waals surface area (Å²) in [5.41, 5.74) is 1.23. The molecule has 0 aliphatic rings. The van der Waals surface area contributed by atoms with Gasteiger partial charge >= 0.3 is 29.6 Å². The molecule has 1 aromatic rings. The van der Waals surface area contributed by atoms with Gasteiger partial charge in [0.1, 0.15) is 0 Å². The Balaban J connectivity index is 0.000000810. The fourth-order valence-electron chi connectivity index (χ4n) is 0.724. The summed E-state index contributed by atoms with van der Waals surface area (Å²) in [6, 6.07) is 10.1. The zero-order chi connectivity index (χ0) is 6.69. The molecule has 0 aliphatic heterocycles. The quantitative estimate of drug-likeness (QED) is 0.387. The van der Waals surface area contributed by atoms with Crippen LogP contribution in [0.5, 0.6) is 0 Å². The molecule has 1 aromatic carbocycles. The van der Waals surface area contributed by atoms with E-state index in [-0.39, 0.29) is 34.8 Å². The number of benzene rings is 1. The normalized spacial score (nSPS) is 11.8. The van der Waals surface area contributed by atoms with Crippen molar-refractivity contribution in [2.45, 2.75) is 12.2 Å². The van der Waals surface area contributed by atoms with E-state index in [1.807, 2.05) is 25.1 Å². The second kappa shape index (κ2) is 5.25. The van der Waals surface area contributed by atoms with Crippen LogP contribution in [0.1, 0.15) is 17.7 Å². The molecule has 0 saturated carbocycles. The van der Waals surface area contributed by atoms with Gasteiger partial charge in [-0.05, 0) is 0 Å². The Bertz CT molecular complexity index is 172. The molecule has 1 atom stereocenters. The van der Waals surface area contributed by atoms with Crippen molar-refractivity contribution >= 4 is 12.6 Å². The molecule has 48 valence electrons. The van der Waals surface area contributed by atoms with Gasteiger partial charge in [0.25, 0.3) is 0 Å². The van der Waals surface area contributed by atoms with Gasteiger partial charge in [0.05, 0.1) is 0 Å². The largest absolute Gasteiger partial charge is 1.00 e. The van der Waals surface area contributed by atoms with Crippen LogP contribution in [0.4, 0.5) is 0 Å². The Hall–Kier alpha value is 0.570. The molecule has 0 nitrogen and oxygen atoms in total. The Morgan fingerprint density at radius 3 is 2.00 bits per heavy atom. The van der Waals surface area contributed by atoms with Crippen LogP contribution in [-0.2, 0) is 12.6 Å². The molecule has 0 aliphatic carbocycles. The second-order valence-corrected chi connectivity index (χ2v) is 2.76. The number of rotatable bonds is 1. The molecule has 0 amide bonds. The summed E-state index contributed by atoms with van der Waals surface area (Å²) < 4.78 is 0. The summed E-state index contributed by atoms with van der Waals surface area (Å²) >= 11 is 5.05. The smallest absolute Gasteiger partial charge is 0.785 e. The van der Waals surface area contributed by atoms with Crippen LogP contribution in [0.2, 0.25) is 0 Å². The topological polar surface area (TPSA) is 0 Å². The van der Waals surface area contributed by atoms with Gasteiger partial charge in [-0.1, -0.05) is 42.8 Å². The molecular formula is C8H9NaS. The summed E-state index contributed by atoms with van der Waals surface area (Å²) in [5, 5.41) is 0.242. The van der Waals surface area contributed by atoms with Gasteiger partial charge in [0.2, 0.25) is 0 Å². The first kappa shape index (κ1) is 10.6. The SMILES string of the molecule is CC([S-])c1ccccc1.[Na+]. The molecule has 1 unspecified atom stereocenters. The van der Waals surface area contributed by atoms with E-state index in [1.165, 1.54) is 5.56 Å². The maximum Gasteiger partial charge on any atom is 1.00 e. The fraction of sp³-hybridized carbons (Fsp3) is 0.250. The Morgan fingerprint density at radius 2 is 1.70 bits per heavy atom. The van der Waals surface area contributed by atoms with Gasteiger partial charge in [-0.2, -0.15) is 0 Å². The number of hydrogen-bond donors (Lipinski definition) is 0. The summed E-state index contributed by atoms with van der Waals surface area (Å²) in [7, 11) is 0. The Morgan fingerprint density at radius 1 is 1.20 bits per heavy atom. The van der Waals surface area contributed by atoms with Crippen LogP contribution in [0.25, 0.3) is 0 Å². The van der Waals surface area contributed by atoms with Crippen LogP contribution < -0.4 is 29.6 Å². The molecule has 0 fully saturated rings. The van der Waals surface area contributed by atoms with Gasteiger partial charge in [0.15, 0.2) is 0 Å². The van der Waals surface area contributed by atoms with Crippen molar-refractivity contribution in [2.75, 3.05) is 0 Å². The van der Waals surface area contributed by atoms with Gasteiger partial charge in [-0.25, -0.2) is 0 Å². The van der Waals surface area contributed by atoms with Crippen LogP contribution >= 0.6 is 0 Å². The minimum atomic E-state index is 0. The van der Waals surface area contributed by atoms with E-state index >= 15 is 0 Å². The van der Waals surface area contributed by atoms with Crippen LogP contribution in [0.3, 0.4) is 0 Å². The minimum Gasteiger partial charge on any atom is -0.785 e. The van der Waals surface area contributed by atoms with Gasteiger partial charge in [0, 0.05) is 0 Å². The standard InChI is InChI=1S/C8H10S.Na/c1-7(9)8-5-3-2-4-6-8;/h2-7,9H,1H3;/q;+1/p-1. The average Bonchev–Trinajstić information content (AvgIpc) is 1.90. The van der Waals surface area contributed by atoms with Crippen molar-refractivity contribution in [3.63, 3.8) is 0 Å². The van der Waals surface area contributed by atoms with Crippen molar-refractivity contribution in [3.05, 3.63) is 35.9 Å². The van der Waals surface area contributed by atoms with E-state index < -0.39 is 0 Å². The van der Waals surface area contributed by atoms with Crippen molar-refractivity contribution in [2.24, 2.45) is 0 Å². The van der Waals surface area contributed by atoms with Gasteiger partial charge < -0.3 is 12.6 Å².